The van der Waals surface area contributed by atoms with E-state index in [-0.39, 0.29) is 11.3 Å². The lowest BCUT2D eigenvalue weighted by atomic mass is 10.2. The van der Waals surface area contributed by atoms with Crippen molar-refractivity contribution in [3.8, 4) is 11.6 Å². The van der Waals surface area contributed by atoms with E-state index in [1.165, 1.54) is 6.07 Å². The topological polar surface area (TPSA) is 63.8 Å². The normalized spacial score (nSPS) is 10.7. The van der Waals surface area contributed by atoms with Gasteiger partial charge in [-0.2, -0.15) is 0 Å². The summed E-state index contributed by atoms with van der Waals surface area (Å²) < 4.78 is 8.15. The summed E-state index contributed by atoms with van der Waals surface area (Å²) in [5, 5.41) is 9.22. The summed E-state index contributed by atoms with van der Waals surface area (Å²) in [6, 6.07) is 10.2. The molecule has 2 aromatic heterocycles. The number of pyridine rings is 1. The fourth-order valence-corrected chi connectivity index (χ4v) is 2.24. The summed E-state index contributed by atoms with van der Waals surface area (Å²) in [6.45, 7) is 0. The summed E-state index contributed by atoms with van der Waals surface area (Å²) in [5.74, 6) is -0.258. The van der Waals surface area contributed by atoms with E-state index in [9.17, 15) is 9.90 Å². The molecule has 1 N–H and O–H groups in total. The lowest BCUT2D eigenvalue weighted by Gasteiger charge is -2.10. The second-order valence-electron chi connectivity index (χ2n) is 4.07. The molecule has 0 aliphatic rings. The van der Waals surface area contributed by atoms with Crippen molar-refractivity contribution in [3.63, 3.8) is 0 Å². The number of hydrogen-bond donors (Lipinski definition) is 1. The van der Waals surface area contributed by atoms with E-state index in [1.54, 1.807) is 41.1 Å². The van der Waals surface area contributed by atoms with Crippen LogP contribution in [0.2, 0.25) is 0 Å². The van der Waals surface area contributed by atoms with Crippen molar-refractivity contribution in [2.24, 2.45) is 0 Å². The van der Waals surface area contributed by atoms with Crippen LogP contribution in [0.25, 0.3) is 5.65 Å². The molecule has 0 bridgehead atoms. The van der Waals surface area contributed by atoms with E-state index in [0.29, 0.717) is 10.4 Å². The molecule has 1 aromatic carbocycles. The van der Waals surface area contributed by atoms with Crippen LogP contribution in [0.5, 0.6) is 11.6 Å². The third kappa shape index (κ3) is 2.25. The zero-order valence-corrected chi connectivity index (χ0v) is 11.7. The number of ether oxygens (including phenoxy) is 1. The summed E-state index contributed by atoms with van der Waals surface area (Å²) in [5.41, 5.74) is 0.827. The molecule has 5 nitrogen and oxygen atoms in total. The fraction of sp³-hybridized carbons (Fsp3) is 0. The highest BCUT2D eigenvalue weighted by molar-refractivity contribution is 9.10. The minimum absolute atomic E-state index is 0.0940. The fourth-order valence-electron chi connectivity index (χ4n) is 1.88. The number of halogens is 1. The Hall–Kier alpha value is -2.34. The summed E-state index contributed by atoms with van der Waals surface area (Å²) >= 11 is 3.25. The molecule has 0 unspecified atom stereocenters. The Morgan fingerprint density at radius 1 is 1.30 bits per heavy atom. The average Bonchev–Trinajstić information content (AvgIpc) is 2.90. The molecule has 0 aliphatic carbocycles. The molecule has 0 saturated carbocycles. The molecule has 0 amide bonds. The van der Waals surface area contributed by atoms with E-state index in [4.69, 9.17) is 4.74 Å². The van der Waals surface area contributed by atoms with Crippen molar-refractivity contribution in [1.29, 1.82) is 0 Å². The summed E-state index contributed by atoms with van der Waals surface area (Å²) in [7, 11) is 0. The predicted octanol–water partition coefficient (Wildman–Crippen LogP) is 3.59. The van der Waals surface area contributed by atoms with Gasteiger partial charge in [0.1, 0.15) is 17.0 Å². The number of imidazole rings is 1. The maximum atomic E-state index is 11.3. The van der Waals surface area contributed by atoms with Crippen LogP contribution in [0.4, 0.5) is 0 Å². The number of carbonyl (C=O) groups is 1. The number of aromatic carboxylic acids is 1. The highest BCUT2D eigenvalue weighted by atomic mass is 79.9. The Kier molecular flexibility index (Phi) is 3.15. The molecule has 0 atom stereocenters. The molecule has 3 rings (SSSR count). The summed E-state index contributed by atoms with van der Waals surface area (Å²) in [6.07, 6.45) is 3.41. The Morgan fingerprint density at radius 2 is 2.15 bits per heavy atom. The number of nitrogens with zero attached hydrogens (tertiary/aromatic N) is 2. The average molecular weight is 333 g/mol. The van der Waals surface area contributed by atoms with Crippen molar-refractivity contribution in [2.75, 3.05) is 0 Å². The third-order valence-corrected chi connectivity index (χ3v) is 3.27. The van der Waals surface area contributed by atoms with E-state index in [1.807, 2.05) is 6.07 Å². The lowest BCUT2D eigenvalue weighted by molar-refractivity contribution is 0.0694. The summed E-state index contributed by atoms with van der Waals surface area (Å²) in [4.78, 5) is 15.4. The molecule has 2 heterocycles. The number of aromatic nitrogens is 2. The van der Waals surface area contributed by atoms with Gasteiger partial charge in [0.15, 0.2) is 0 Å². The van der Waals surface area contributed by atoms with Crippen LogP contribution in [0.3, 0.4) is 0 Å². The predicted molar refractivity (Wildman–Crippen MR) is 76.4 cm³/mol. The third-order valence-electron chi connectivity index (χ3n) is 2.78. The van der Waals surface area contributed by atoms with Gasteiger partial charge in [-0.1, -0.05) is 22.0 Å². The van der Waals surface area contributed by atoms with Crippen molar-refractivity contribution in [1.82, 2.24) is 9.38 Å². The van der Waals surface area contributed by atoms with Gasteiger partial charge in [0.25, 0.3) is 0 Å². The Balaban J connectivity index is 2.07. The maximum Gasteiger partial charge on any atom is 0.339 e. The molecular formula is C14H9BrN2O3. The van der Waals surface area contributed by atoms with E-state index in [2.05, 4.69) is 20.9 Å². The van der Waals surface area contributed by atoms with E-state index in [0.717, 1.165) is 5.65 Å². The van der Waals surface area contributed by atoms with Crippen LogP contribution in [-0.4, -0.2) is 20.5 Å². The Labute approximate surface area is 122 Å². The van der Waals surface area contributed by atoms with Gasteiger partial charge in [-0.05, 0) is 30.3 Å². The molecule has 6 heteroatoms. The number of hydrogen-bond acceptors (Lipinski definition) is 3. The van der Waals surface area contributed by atoms with Gasteiger partial charge in [-0.25, -0.2) is 9.78 Å². The van der Waals surface area contributed by atoms with Crippen LogP contribution in [-0.2, 0) is 0 Å². The monoisotopic (exact) mass is 332 g/mol. The van der Waals surface area contributed by atoms with Gasteiger partial charge in [-0.3, -0.25) is 4.40 Å². The zero-order chi connectivity index (χ0) is 14.1. The minimum atomic E-state index is -1.04. The van der Waals surface area contributed by atoms with Gasteiger partial charge < -0.3 is 9.84 Å². The Morgan fingerprint density at radius 3 is 2.95 bits per heavy atom. The molecule has 0 saturated heterocycles. The molecule has 0 fully saturated rings. The first-order valence-electron chi connectivity index (χ1n) is 5.78. The maximum absolute atomic E-state index is 11.3. The minimum Gasteiger partial charge on any atom is -0.478 e. The van der Waals surface area contributed by atoms with Crippen molar-refractivity contribution >= 4 is 27.5 Å². The van der Waals surface area contributed by atoms with Crippen LogP contribution in [0, 0.1) is 0 Å². The SMILES string of the molecule is O=C(O)c1cc(Br)ccc1Oc1cccc2nccn12. The van der Waals surface area contributed by atoms with Crippen molar-refractivity contribution < 1.29 is 14.6 Å². The van der Waals surface area contributed by atoms with Crippen LogP contribution >= 0.6 is 15.9 Å². The lowest BCUT2D eigenvalue weighted by Crippen LogP contribution is -2.01. The van der Waals surface area contributed by atoms with Crippen molar-refractivity contribution in [3.05, 3.63) is 58.8 Å². The van der Waals surface area contributed by atoms with Crippen LogP contribution in [0.15, 0.2) is 53.3 Å². The quantitative estimate of drug-likeness (QED) is 0.796. The molecular weight excluding hydrogens is 324 g/mol. The number of carboxylic acids is 1. The van der Waals surface area contributed by atoms with Gasteiger partial charge in [0, 0.05) is 16.9 Å². The van der Waals surface area contributed by atoms with Crippen LogP contribution < -0.4 is 4.74 Å². The molecule has 100 valence electrons. The van der Waals surface area contributed by atoms with Gasteiger partial charge in [-0.15, -0.1) is 0 Å². The number of carboxylic acid groups (broad SMARTS) is 1. The second kappa shape index (κ2) is 4.97. The smallest absolute Gasteiger partial charge is 0.339 e. The number of benzene rings is 1. The van der Waals surface area contributed by atoms with Gasteiger partial charge in [0.2, 0.25) is 5.88 Å². The largest absolute Gasteiger partial charge is 0.478 e. The first-order valence-corrected chi connectivity index (χ1v) is 6.57. The standard InChI is InChI=1S/C14H9BrN2O3/c15-9-4-5-11(10(8-9)14(18)19)20-13-3-1-2-12-16-6-7-17(12)13/h1-8H,(H,18,19). The second-order valence-corrected chi connectivity index (χ2v) is 4.98. The zero-order valence-electron chi connectivity index (χ0n) is 10.2. The molecule has 0 spiro atoms. The van der Waals surface area contributed by atoms with E-state index < -0.39 is 5.97 Å². The first-order chi connectivity index (χ1) is 9.65. The number of fused-ring (bicyclic) bond motifs is 1. The number of rotatable bonds is 3. The molecule has 0 aliphatic heterocycles. The van der Waals surface area contributed by atoms with Gasteiger partial charge >= 0.3 is 5.97 Å². The highest BCUT2D eigenvalue weighted by Gasteiger charge is 2.13. The first kappa shape index (κ1) is 12.7. The van der Waals surface area contributed by atoms with Crippen LogP contribution in [0.1, 0.15) is 10.4 Å². The van der Waals surface area contributed by atoms with Crippen molar-refractivity contribution in [2.45, 2.75) is 0 Å². The highest BCUT2D eigenvalue weighted by Crippen LogP contribution is 2.28. The molecule has 0 radical (unpaired) electrons. The molecule has 20 heavy (non-hydrogen) atoms. The van der Waals surface area contributed by atoms with E-state index >= 15 is 0 Å². The Bertz CT molecular complexity index is 798. The molecule has 3 aromatic rings. The van der Waals surface area contributed by atoms with Gasteiger partial charge in [0.05, 0.1) is 0 Å².